The molecule has 2 heterocycles. The minimum atomic E-state index is -0.360. The van der Waals surface area contributed by atoms with Crippen molar-refractivity contribution in [2.24, 2.45) is 0 Å². The quantitative estimate of drug-likeness (QED) is 0.783. The molecule has 7 heteroatoms. The summed E-state index contributed by atoms with van der Waals surface area (Å²) in [5.41, 5.74) is 1.19. The zero-order valence-electron chi connectivity index (χ0n) is 13.2. The minimum Gasteiger partial charge on any atom is -0.496 e. The first kappa shape index (κ1) is 15.6. The summed E-state index contributed by atoms with van der Waals surface area (Å²) in [6.07, 6.45) is 1.63. The Morgan fingerprint density at radius 3 is 2.56 bits per heavy atom. The molecule has 0 aromatic heterocycles. The molecule has 25 heavy (non-hydrogen) atoms. The lowest BCUT2D eigenvalue weighted by Crippen LogP contribution is -2.27. The van der Waals surface area contributed by atoms with Gasteiger partial charge in [0.2, 0.25) is 6.79 Å². The van der Waals surface area contributed by atoms with Gasteiger partial charge < -0.3 is 14.2 Å². The maximum atomic E-state index is 12.7. The van der Waals surface area contributed by atoms with E-state index in [1.54, 1.807) is 42.5 Å². The number of ether oxygens (including phenoxy) is 3. The molecule has 0 bridgehead atoms. The van der Waals surface area contributed by atoms with Crippen LogP contribution in [-0.4, -0.2) is 25.0 Å². The van der Waals surface area contributed by atoms with Gasteiger partial charge in [-0.2, -0.15) is 0 Å². The highest BCUT2D eigenvalue weighted by molar-refractivity contribution is 8.19. The summed E-state index contributed by atoms with van der Waals surface area (Å²) in [7, 11) is 1.53. The van der Waals surface area contributed by atoms with Gasteiger partial charge in [-0.25, -0.2) is 4.90 Å². The van der Waals surface area contributed by atoms with Gasteiger partial charge in [0.05, 0.1) is 17.7 Å². The number of fused-ring (bicyclic) bond motifs is 1. The fourth-order valence-electron chi connectivity index (χ4n) is 2.64. The minimum absolute atomic E-state index is 0.145. The number of para-hydroxylation sites is 1. The van der Waals surface area contributed by atoms with Crippen molar-refractivity contribution < 1.29 is 23.8 Å². The van der Waals surface area contributed by atoms with Gasteiger partial charge >= 0.3 is 0 Å². The number of rotatable bonds is 3. The molecule has 6 nitrogen and oxygen atoms in total. The number of hydrogen-bond acceptors (Lipinski definition) is 6. The van der Waals surface area contributed by atoms with Crippen molar-refractivity contribution in [1.29, 1.82) is 0 Å². The van der Waals surface area contributed by atoms with E-state index < -0.39 is 0 Å². The molecule has 126 valence electrons. The predicted octanol–water partition coefficient (Wildman–Crippen LogP) is 3.66. The van der Waals surface area contributed by atoms with E-state index in [2.05, 4.69) is 0 Å². The van der Waals surface area contributed by atoms with E-state index >= 15 is 0 Å². The molecule has 0 aliphatic carbocycles. The molecule has 1 fully saturated rings. The average molecular weight is 355 g/mol. The van der Waals surface area contributed by atoms with Crippen LogP contribution in [0, 0.1) is 0 Å². The van der Waals surface area contributed by atoms with E-state index in [-0.39, 0.29) is 17.9 Å². The van der Waals surface area contributed by atoms with E-state index in [1.165, 1.54) is 7.11 Å². The second kappa shape index (κ2) is 6.18. The number of thioether (sulfide) groups is 1. The fraction of sp³-hybridized carbons (Fsp3) is 0.111. The monoisotopic (exact) mass is 355 g/mol. The van der Waals surface area contributed by atoms with Gasteiger partial charge in [0.1, 0.15) is 5.75 Å². The van der Waals surface area contributed by atoms with Gasteiger partial charge in [-0.1, -0.05) is 18.2 Å². The van der Waals surface area contributed by atoms with Crippen LogP contribution in [0.1, 0.15) is 5.56 Å². The number of carbonyl (C=O) groups excluding carboxylic acids is 2. The number of nitrogens with zero attached hydrogens (tertiary/aromatic N) is 1. The van der Waals surface area contributed by atoms with E-state index in [4.69, 9.17) is 14.2 Å². The van der Waals surface area contributed by atoms with Crippen molar-refractivity contribution in [1.82, 2.24) is 0 Å². The number of carbonyl (C=O) groups is 2. The molecular formula is C18H13NO5S. The van der Waals surface area contributed by atoms with Crippen molar-refractivity contribution in [2.75, 3.05) is 18.8 Å². The van der Waals surface area contributed by atoms with Gasteiger partial charge in [-0.3, -0.25) is 9.59 Å². The second-order valence-corrected chi connectivity index (χ2v) is 6.29. The molecule has 2 aromatic carbocycles. The summed E-state index contributed by atoms with van der Waals surface area (Å²) in [5, 5.41) is -0.331. The molecule has 0 spiro atoms. The van der Waals surface area contributed by atoms with Gasteiger partial charge in [-0.15, -0.1) is 0 Å². The highest BCUT2D eigenvalue weighted by atomic mass is 32.2. The average Bonchev–Trinajstić information content (AvgIpc) is 3.19. The van der Waals surface area contributed by atoms with Crippen molar-refractivity contribution in [2.45, 2.75) is 0 Å². The summed E-state index contributed by atoms with van der Waals surface area (Å²) in [4.78, 5) is 26.4. The largest absolute Gasteiger partial charge is 0.496 e. The highest BCUT2D eigenvalue weighted by Crippen LogP contribution is 2.41. The maximum Gasteiger partial charge on any atom is 0.298 e. The number of anilines is 1. The molecule has 2 aliphatic heterocycles. The first-order valence-electron chi connectivity index (χ1n) is 7.48. The van der Waals surface area contributed by atoms with Crippen LogP contribution in [0.25, 0.3) is 6.08 Å². The normalized spacial score (nSPS) is 17.5. The van der Waals surface area contributed by atoms with E-state index in [0.29, 0.717) is 33.4 Å². The van der Waals surface area contributed by atoms with Gasteiger partial charge in [0.25, 0.3) is 11.1 Å². The smallest absolute Gasteiger partial charge is 0.298 e. The SMILES string of the molecule is COc1cc2c(cc1C=C1SC(=O)N(c3ccccc3)C1=O)OCO2. The number of benzene rings is 2. The van der Waals surface area contributed by atoms with Gasteiger partial charge in [0.15, 0.2) is 11.5 Å². The number of hydrogen-bond donors (Lipinski definition) is 0. The second-order valence-electron chi connectivity index (χ2n) is 5.30. The molecule has 0 atom stereocenters. The first-order valence-corrected chi connectivity index (χ1v) is 8.29. The molecule has 0 saturated carbocycles. The molecule has 2 aromatic rings. The molecule has 0 unspecified atom stereocenters. The molecule has 1 saturated heterocycles. The molecule has 4 rings (SSSR count). The van der Waals surface area contributed by atoms with Crippen LogP contribution in [0.5, 0.6) is 17.2 Å². The lowest BCUT2D eigenvalue weighted by atomic mass is 10.1. The topological polar surface area (TPSA) is 65.1 Å². The Hall–Kier alpha value is -2.93. The summed E-state index contributed by atoms with van der Waals surface area (Å²) in [6, 6.07) is 12.3. The Labute approximate surface area is 148 Å². The Bertz CT molecular complexity index is 894. The van der Waals surface area contributed by atoms with E-state index in [9.17, 15) is 9.59 Å². The Morgan fingerprint density at radius 1 is 1.12 bits per heavy atom. The van der Waals surface area contributed by atoms with Crippen LogP contribution in [0.4, 0.5) is 10.5 Å². The van der Waals surface area contributed by atoms with Crippen LogP contribution in [-0.2, 0) is 4.79 Å². The standard InChI is InChI=1S/C18H13NO5S/c1-22-13-9-15-14(23-10-24-15)7-11(13)8-16-17(20)19(18(21)25-16)12-5-3-2-4-6-12/h2-9H,10H2,1H3. The van der Waals surface area contributed by atoms with Gasteiger partial charge in [0, 0.05) is 11.6 Å². The third-order valence-electron chi connectivity index (χ3n) is 3.82. The van der Waals surface area contributed by atoms with Crippen LogP contribution in [0.15, 0.2) is 47.4 Å². The molecule has 0 radical (unpaired) electrons. The van der Waals surface area contributed by atoms with Crippen LogP contribution in [0.2, 0.25) is 0 Å². The van der Waals surface area contributed by atoms with Crippen molar-refractivity contribution in [3.05, 3.63) is 52.9 Å². The molecule has 2 aliphatic rings. The van der Waals surface area contributed by atoms with Crippen LogP contribution in [0.3, 0.4) is 0 Å². The summed E-state index contributed by atoms with van der Waals surface area (Å²) in [6.45, 7) is 0.145. The lowest BCUT2D eigenvalue weighted by Gasteiger charge is -2.11. The zero-order valence-corrected chi connectivity index (χ0v) is 14.0. The zero-order chi connectivity index (χ0) is 17.4. The third kappa shape index (κ3) is 2.72. The summed E-state index contributed by atoms with van der Waals surface area (Å²) in [5.74, 6) is 1.34. The molecule has 0 N–H and O–H groups in total. The Balaban J connectivity index is 1.71. The van der Waals surface area contributed by atoms with E-state index in [0.717, 1.165) is 16.7 Å². The summed E-state index contributed by atoms with van der Waals surface area (Å²) < 4.78 is 16.0. The summed E-state index contributed by atoms with van der Waals surface area (Å²) >= 11 is 0.895. The Morgan fingerprint density at radius 2 is 1.84 bits per heavy atom. The van der Waals surface area contributed by atoms with Crippen molar-refractivity contribution in [3.63, 3.8) is 0 Å². The predicted molar refractivity (Wildman–Crippen MR) is 94.0 cm³/mol. The number of methoxy groups -OCH3 is 1. The van der Waals surface area contributed by atoms with E-state index in [1.807, 2.05) is 6.07 Å². The highest BCUT2D eigenvalue weighted by Gasteiger charge is 2.36. The van der Waals surface area contributed by atoms with Crippen molar-refractivity contribution in [3.8, 4) is 17.2 Å². The fourth-order valence-corrected chi connectivity index (χ4v) is 3.47. The maximum absolute atomic E-state index is 12.7. The number of amides is 2. The molecule has 2 amide bonds. The van der Waals surface area contributed by atoms with Crippen LogP contribution < -0.4 is 19.1 Å². The number of imide groups is 1. The molecular weight excluding hydrogens is 342 g/mol. The van der Waals surface area contributed by atoms with Crippen LogP contribution >= 0.6 is 11.8 Å². The Kier molecular flexibility index (Phi) is 3.85. The van der Waals surface area contributed by atoms with Crippen molar-refractivity contribution >= 4 is 34.7 Å². The lowest BCUT2D eigenvalue weighted by molar-refractivity contribution is -0.113. The van der Waals surface area contributed by atoms with Gasteiger partial charge in [-0.05, 0) is 36.0 Å². The third-order valence-corrected chi connectivity index (χ3v) is 4.69. The first-order chi connectivity index (χ1) is 12.2.